The van der Waals surface area contributed by atoms with E-state index in [0.29, 0.717) is 11.7 Å². The van der Waals surface area contributed by atoms with E-state index in [4.69, 9.17) is 4.52 Å². The smallest absolute Gasteiger partial charge is 0.319 e. The van der Waals surface area contributed by atoms with Crippen molar-refractivity contribution in [2.24, 2.45) is 0 Å². The van der Waals surface area contributed by atoms with Gasteiger partial charge in [0.25, 0.3) is 0 Å². The fourth-order valence-electron chi connectivity index (χ4n) is 2.09. The normalized spacial score (nSPS) is 10.3. The fraction of sp³-hybridized carbons (Fsp3) is 0.118. The number of amides is 2. The summed E-state index contributed by atoms with van der Waals surface area (Å²) in [6.07, 6.45) is 0. The van der Waals surface area contributed by atoms with Crippen LogP contribution in [-0.2, 0) is 6.54 Å². The molecule has 0 unspecified atom stereocenters. The van der Waals surface area contributed by atoms with Crippen LogP contribution >= 0.6 is 0 Å². The number of nitrogens with zero attached hydrogens (tertiary/aromatic N) is 2. The SMILES string of the molecule is Cc1cccc(NC(=O)NCc2nc(-c3ccccc3)no2)c1. The first-order valence-electron chi connectivity index (χ1n) is 7.20. The van der Waals surface area contributed by atoms with Crippen LogP contribution in [-0.4, -0.2) is 16.2 Å². The van der Waals surface area contributed by atoms with Gasteiger partial charge in [-0.2, -0.15) is 4.98 Å². The summed E-state index contributed by atoms with van der Waals surface area (Å²) < 4.78 is 5.14. The Labute approximate surface area is 133 Å². The number of hydrogen-bond donors (Lipinski definition) is 2. The Morgan fingerprint density at radius 1 is 1.13 bits per heavy atom. The van der Waals surface area contributed by atoms with Gasteiger partial charge in [0.2, 0.25) is 11.7 Å². The van der Waals surface area contributed by atoms with E-state index in [0.717, 1.165) is 16.8 Å². The molecule has 0 saturated heterocycles. The number of aromatic nitrogens is 2. The van der Waals surface area contributed by atoms with E-state index in [-0.39, 0.29) is 12.6 Å². The highest BCUT2D eigenvalue weighted by molar-refractivity contribution is 5.89. The molecule has 2 N–H and O–H groups in total. The summed E-state index contributed by atoms with van der Waals surface area (Å²) in [4.78, 5) is 16.1. The van der Waals surface area contributed by atoms with Crippen LogP contribution in [0.25, 0.3) is 11.4 Å². The second kappa shape index (κ2) is 6.74. The van der Waals surface area contributed by atoms with E-state index in [9.17, 15) is 4.79 Å². The largest absolute Gasteiger partial charge is 0.337 e. The Balaban J connectivity index is 1.56. The third-order valence-corrected chi connectivity index (χ3v) is 3.18. The van der Waals surface area contributed by atoms with Crippen LogP contribution in [0.15, 0.2) is 59.1 Å². The van der Waals surface area contributed by atoms with Gasteiger partial charge < -0.3 is 15.2 Å². The summed E-state index contributed by atoms with van der Waals surface area (Å²) in [6, 6.07) is 16.8. The minimum atomic E-state index is -0.324. The van der Waals surface area contributed by atoms with E-state index < -0.39 is 0 Å². The highest BCUT2D eigenvalue weighted by atomic mass is 16.5. The summed E-state index contributed by atoms with van der Waals surface area (Å²) in [5, 5.41) is 9.34. The molecule has 3 rings (SSSR count). The van der Waals surface area contributed by atoms with Crippen molar-refractivity contribution in [1.29, 1.82) is 0 Å². The first-order valence-corrected chi connectivity index (χ1v) is 7.20. The topological polar surface area (TPSA) is 80.0 Å². The van der Waals surface area contributed by atoms with Gasteiger partial charge in [-0.05, 0) is 24.6 Å². The Morgan fingerprint density at radius 2 is 1.96 bits per heavy atom. The van der Waals surface area contributed by atoms with Crippen LogP contribution in [0.5, 0.6) is 0 Å². The van der Waals surface area contributed by atoms with E-state index in [2.05, 4.69) is 20.8 Å². The van der Waals surface area contributed by atoms with Gasteiger partial charge in [0.15, 0.2) is 0 Å². The molecule has 6 nitrogen and oxygen atoms in total. The van der Waals surface area contributed by atoms with Crippen molar-refractivity contribution in [3.05, 3.63) is 66.1 Å². The quantitative estimate of drug-likeness (QED) is 0.774. The molecule has 0 aliphatic rings. The van der Waals surface area contributed by atoms with Crippen LogP contribution < -0.4 is 10.6 Å². The Kier molecular flexibility index (Phi) is 4.33. The van der Waals surface area contributed by atoms with Gasteiger partial charge in [0.05, 0.1) is 6.54 Å². The monoisotopic (exact) mass is 308 g/mol. The lowest BCUT2D eigenvalue weighted by Crippen LogP contribution is -2.28. The summed E-state index contributed by atoms with van der Waals surface area (Å²) in [5.74, 6) is 0.852. The van der Waals surface area contributed by atoms with E-state index in [1.165, 1.54) is 0 Å². The molecule has 2 aromatic carbocycles. The second-order valence-electron chi connectivity index (χ2n) is 5.05. The van der Waals surface area contributed by atoms with E-state index >= 15 is 0 Å². The lowest BCUT2D eigenvalue weighted by Gasteiger charge is -2.06. The predicted molar refractivity (Wildman–Crippen MR) is 86.8 cm³/mol. The summed E-state index contributed by atoms with van der Waals surface area (Å²) in [7, 11) is 0. The average Bonchev–Trinajstić information content (AvgIpc) is 3.03. The number of aryl methyl sites for hydroxylation is 1. The minimum Gasteiger partial charge on any atom is -0.337 e. The first kappa shape index (κ1) is 14.8. The van der Waals surface area contributed by atoms with Crippen molar-refractivity contribution in [3.63, 3.8) is 0 Å². The average molecular weight is 308 g/mol. The minimum absolute atomic E-state index is 0.164. The van der Waals surface area contributed by atoms with Crippen LogP contribution in [0, 0.1) is 6.92 Å². The van der Waals surface area contributed by atoms with Gasteiger partial charge in [-0.1, -0.05) is 47.6 Å². The first-order chi connectivity index (χ1) is 11.2. The number of nitrogens with one attached hydrogen (secondary N) is 2. The fourth-order valence-corrected chi connectivity index (χ4v) is 2.09. The zero-order valence-electron chi connectivity index (χ0n) is 12.6. The maximum absolute atomic E-state index is 11.9. The number of anilines is 1. The number of carbonyl (C=O) groups is 1. The number of carbonyl (C=O) groups excluding carboxylic acids is 1. The summed E-state index contributed by atoms with van der Waals surface area (Å²) >= 11 is 0. The molecular formula is C17H16N4O2. The van der Waals surface area contributed by atoms with Crippen LogP contribution in [0.3, 0.4) is 0 Å². The number of urea groups is 1. The van der Waals surface area contributed by atoms with Crippen molar-refractivity contribution >= 4 is 11.7 Å². The van der Waals surface area contributed by atoms with Crippen molar-refractivity contribution in [1.82, 2.24) is 15.5 Å². The van der Waals surface area contributed by atoms with Gasteiger partial charge in [-0.25, -0.2) is 4.79 Å². The molecule has 116 valence electrons. The molecule has 0 bridgehead atoms. The maximum atomic E-state index is 11.9. The molecule has 23 heavy (non-hydrogen) atoms. The van der Waals surface area contributed by atoms with Crippen LogP contribution in [0.4, 0.5) is 10.5 Å². The Bertz CT molecular complexity index is 799. The summed E-state index contributed by atoms with van der Waals surface area (Å²) in [5.41, 5.74) is 2.68. The molecular weight excluding hydrogens is 292 g/mol. The molecule has 0 aliphatic carbocycles. The molecule has 0 saturated carbocycles. The predicted octanol–water partition coefficient (Wildman–Crippen LogP) is 3.37. The number of benzene rings is 2. The standard InChI is InChI=1S/C17H16N4O2/c1-12-6-5-9-14(10-12)19-17(22)18-11-15-20-16(21-23-15)13-7-3-2-4-8-13/h2-10H,11H2,1H3,(H2,18,19,22). The summed E-state index contributed by atoms with van der Waals surface area (Å²) in [6.45, 7) is 2.13. The lowest BCUT2D eigenvalue weighted by molar-refractivity contribution is 0.249. The molecule has 2 amide bonds. The molecule has 1 heterocycles. The highest BCUT2D eigenvalue weighted by Gasteiger charge is 2.09. The molecule has 0 atom stereocenters. The Morgan fingerprint density at radius 3 is 2.74 bits per heavy atom. The lowest BCUT2D eigenvalue weighted by atomic mass is 10.2. The molecule has 1 aromatic heterocycles. The van der Waals surface area contributed by atoms with E-state index in [1.54, 1.807) is 0 Å². The third kappa shape index (κ3) is 3.94. The highest BCUT2D eigenvalue weighted by Crippen LogP contribution is 2.14. The molecule has 3 aromatic rings. The number of hydrogen-bond acceptors (Lipinski definition) is 4. The molecule has 6 heteroatoms. The van der Waals surface area contributed by atoms with E-state index in [1.807, 2.05) is 61.5 Å². The number of rotatable bonds is 4. The Hall–Kier alpha value is -3.15. The van der Waals surface area contributed by atoms with Crippen LogP contribution in [0.1, 0.15) is 11.5 Å². The van der Waals surface area contributed by atoms with Crippen molar-refractivity contribution in [2.45, 2.75) is 13.5 Å². The molecule has 0 aliphatic heterocycles. The maximum Gasteiger partial charge on any atom is 0.319 e. The van der Waals surface area contributed by atoms with Gasteiger partial charge in [-0.15, -0.1) is 0 Å². The zero-order valence-corrected chi connectivity index (χ0v) is 12.6. The van der Waals surface area contributed by atoms with Gasteiger partial charge >= 0.3 is 6.03 Å². The molecule has 0 radical (unpaired) electrons. The van der Waals surface area contributed by atoms with Gasteiger partial charge in [0, 0.05) is 11.3 Å². The van der Waals surface area contributed by atoms with Crippen molar-refractivity contribution in [3.8, 4) is 11.4 Å². The molecule has 0 fully saturated rings. The van der Waals surface area contributed by atoms with Gasteiger partial charge in [0.1, 0.15) is 0 Å². The second-order valence-corrected chi connectivity index (χ2v) is 5.05. The zero-order chi connectivity index (χ0) is 16.1. The van der Waals surface area contributed by atoms with Crippen molar-refractivity contribution in [2.75, 3.05) is 5.32 Å². The molecule has 0 spiro atoms. The van der Waals surface area contributed by atoms with Crippen molar-refractivity contribution < 1.29 is 9.32 Å². The van der Waals surface area contributed by atoms with Crippen LogP contribution in [0.2, 0.25) is 0 Å². The van der Waals surface area contributed by atoms with Gasteiger partial charge in [-0.3, -0.25) is 0 Å². The third-order valence-electron chi connectivity index (χ3n) is 3.18.